The average molecular weight is 555 g/mol. The number of aliphatic carboxylic acids is 2. The summed E-state index contributed by atoms with van der Waals surface area (Å²) in [6, 6.07) is 0. The molecule has 0 saturated heterocycles. The van der Waals surface area contributed by atoms with Crippen LogP contribution in [0.5, 0.6) is 0 Å². The maximum absolute atomic E-state index is 10.3. The van der Waals surface area contributed by atoms with E-state index in [-0.39, 0.29) is 21.1 Å². The normalized spacial score (nSPS) is 14.1. The Labute approximate surface area is 201 Å². The van der Waals surface area contributed by atoms with Crippen molar-refractivity contribution in [1.82, 2.24) is 0 Å². The van der Waals surface area contributed by atoms with E-state index in [4.69, 9.17) is 0 Å². The third-order valence-corrected chi connectivity index (χ3v) is 9.18. The minimum absolute atomic E-state index is 0.149. The van der Waals surface area contributed by atoms with Crippen LogP contribution in [0.1, 0.15) is 106 Å². The first-order valence-electron chi connectivity index (χ1n) is 11.0. The third kappa shape index (κ3) is 24.6. The van der Waals surface area contributed by atoms with Gasteiger partial charge < -0.3 is 19.8 Å². The van der Waals surface area contributed by atoms with Crippen LogP contribution in [0, 0.1) is 0 Å². The van der Waals surface area contributed by atoms with Crippen molar-refractivity contribution in [2.75, 3.05) is 0 Å². The Morgan fingerprint density at radius 3 is 1.17 bits per heavy atom. The number of carboxylic acid groups (broad SMARTS) is 2. The number of rotatable bonds is 14. The summed E-state index contributed by atoms with van der Waals surface area (Å²) in [7, 11) is 0. The predicted octanol–water partition coefficient (Wildman–Crippen LogP) is 4.36. The van der Waals surface area contributed by atoms with Gasteiger partial charge in [0.2, 0.25) is 0 Å². The number of unbranched alkanes of at least 4 members (excludes halogenated alkanes) is 4. The van der Waals surface area contributed by atoms with Crippen molar-refractivity contribution in [1.29, 1.82) is 0 Å². The average Bonchev–Trinajstić information content (AvgIpc) is 2.65. The summed E-state index contributed by atoms with van der Waals surface area (Å²) < 4.78 is 1.35. The molecule has 0 N–H and O–H groups in total. The molecule has 0 spiro atoms. The van der Waals surface area contributed by atoms with Crippen LogP contribution < -0.4 is 10.2 Å². The second-order valence-corrected chi connectivity index (χ2v) is 14.0. The second-order valence-electron chi connectivity index (χ2n) is 7.79. The van der Waals surface area contributed by atoms with Gasteiger partial charge in [-0.3, -0.25) is 0 Å². The van der Waals surface area contributed by atoms with Crippen molar-refractivity contribution < 1.29 is 19.8 Å². The molecule has 0 aliphatic carbocycles. The van der Waals surface area contributed by atoms with E-state index >= 15 is 0 Å². The molecule has 172 valence electrons. The van der Waals surface area contributed by atoms with Crippen molar-refractivity contribution in [2.45, 2.75) is 124 Å². The molecule has 0 aromatic rings. The zero-order valence-electron chi connectivity index (χ0n) is 19.5. The molecule has 2 unspecified atom stereocenters. The molecule has 0 fully saturated rings. The molecular formula is C22H44O4S2Sn. The molecule has 29 heavy (non-hydrogen) atoms. The van der Waals surface area contributed by atoms with Gasteiger partial charge in [-0.1, -0.05) is 39.5 Å². The monoisotopic (exact) mass is 556 g/mol. The van der Waals surface area contributed by atoms with Crippen LogP contribution in [0.3, 0.4) is 0 Å². The third-order valence-electron chi connectivity index (χ3n) is 4.33. The van der Waals surface area contributed by atoms with E-state index < -0.39 is 21.4 Å². The van der Waals surface area contributed by atoms with E-state index in [2.05, 4.69) is 39.1 Å². The number of carbonyl (C=O) groups excluding carboxylic acids is 2. The van der Waals surface area contributed by atoms with Crippen LogP contribution in [0.4, 0.5) is 0 Å². The van der Waals surface area contributed by atoms with E-state index in [1.54, 1.807) is 22.7 Å². The van der Waals surface area contributed by atoms with Crippen molar-refractivity contribution in [3.8, 4) is 0 Å². The van der Waals surface area contributed by atoms with Gasteiger partial charge in [0.25, 0.3) is 0 Å². The second kappa shape index (κ2) is 21.7. The van der Waals surface area contributed by atoms with Crippen molar-refractivity contribution >= 4 is 58.3 Å². The number of carbonyl (C=O) groups is 2. The fourth-order valence-corrected chi connectivity index (χ4v) is 6.45. The number of thiol groups is 2. The Bertz CT molecular complexity index is 366. The summed E-state index contributed by atoms with van der Waals surface area (Å²) in [5.41, 5.74) is 0. The molecule has 0 aliphatic heterocycles. The Morgan fingerprint density at radius 1 is 0.690 bits per heavy atom. The van der Waals surface area contributed by atoms with Crippen molar-refractivity contribution in [3.63, 3.8) is 0 Å². The van der Waals surface area contributed by atoms with Crippen LogP contribution >= 0.6 is 25.3 Å². The van der Waals surface area contributed by atoms with E-state index in [1.807, 2.05) is 13.8 Å². The van der Waals surface area contributed by atoms with E-state index in [0.29, 0.717) is 12.8 Å². The van der Waals surface area contributed by atoms with Crippen LogP contribution in [-0.2, 0) is 9.59 Å². The summed E-state index contributed by atoms with van der Waals surface area (Å²) >= 11 is 8.06. The predicted molar refractivity (Wildman–Crippen MR) is 129 cm³/mol. The summed E-state index contributed by atoms with van der Waals surface area (Å²) in [4.78, 5) is 20.7. The Balaban J connectivity index is -0.000000350. The van der Waals surface area contributed by atoms with Crippen LogP contribution in [0.2, 0.25) is 8.87 Å². The Morgan fingerprint density at radius 2 is 0.966 bits per heavy atom. The van der Waals surface area contributed by atoms with Gasteiger partial charge in [0.15, 0.2) is 0 Å². The fourth-order valence-electron chi connectivity index (χ4n) is 1.97. The Hall–Kier alpha value is 0.439. The molecule has 2 atom stereocenters. The molecule has 0 amide bonds. The molecule has 0 radical (unpaired) electrons. The molecule has 0 rings (SSSR count). The molecule has 0 saturated carbocycles. The minimum atomic E-state index is -1.08. The number of hydrogen-bond acceptors (Lipinski definition) is 6. The van der Waals surface area contributed by atoms with Crippen LogP contribution in [-0.4, -0.2) is 42.6 Å². The maximum atomic E-state index is 10.3. The molecule has 0 bridgehead atoms. The summed E-state index contributed by atoms with van der Waals surface area (Å²) in [5.74, 6) is -2.16. The molecule has 4 nitrogen and oxygen atoms in total. The van der Waals surface area contributed by atoms with E-state index in [0.717, 1.165) is 25.7 Å². The topological polar surface area (TPSA) is 80.3 Å². The first-order chi connectivity index (χ1) is 13.4. The van der Waals surface area contributed by atoms with Gasteiger partial charge >= 0.3 is 69.5 Å². The zero-order chi connectivity index (χ0) is 23.3. The van der Waals surface area contributed by atoms with Gasteiger partial charge in [-0.2, -0.15) is 25.3 Å². The van der Waals surface area contributed by atoms with E-state index in [9.17, 15) is 19.8 Å². The summed E-state index contributed by atoms with van der Waals surface area (Å²) in [6.45, 7) is 11.7. The fraction of sp³-hybridized carbons (Fsp3) is 0.909. The van der Waals surface area contributed by atoms with E-state index in [1.165, 1.54) is 25.7 Å². The SMILES string of the molecule is CCCCC(C)(S)C(=O)[O-].CCCCC(C)(S)C(=O)[O-].CCC[CH2][Sn+2][CH2]CCC. The molecular weight excluding hydrogens is 511 g/mol. The molecule has 0 aliphatic rings. The Kier molecular flexibility index (Phi) is 25.4. The van der Waals surface area contributed by atoms with Gasteiger partial charge in [-0.25, -0.2) is 0 Å². The molecule has 7 heteroatoms. The van der Waals surface area contributed by atoms with Crippen LogP contribution in [0.15, 0.2) is 0 Å². The first kappa shape index (κ1) is 34.1. The summed E-state index contributed by atoms with van der Waals surface area (Å²) in [5, 5.41) is 20.7. The standard InChI is InChI=1S/2C7H14O2S.2C4H9.Sn/c2*1-3-4-5-7(2,10)6(8)9;2*1-3-4-2;/h2*10H,3-5H2,1-2H3,(H,8,9);2*1,3-4H2,2H3;/q;;;;+2/p-2. The van der Waals surface area contributed by atoms with Gasteiger partial charge in [0, 0.05) is 9.49 Å². The van der Waals surface area contributed by atoms with Gasteiger partial charge in [-0.05, 0) is 26.7 Å². The molecule has 0 aromatic carbocycles. The number of carboxylic acids is 2. The molecule has 0 heterocycles. The first-order valence-corrected chi connectivity index (χ1v) is 15.9. The van der Waals surface area contributed by atoms with Gasteiger partial charge in [0.1, 0.15) is 0 Å². The van der Waals surface area contributed by atoms with Gasteiger partial charge in [-0.15, -0.1) is 0 Å². The van der Waals surface area contributed by atoms with Crippen molar-refractivity contribution in [3.05, 3.63) is 0 Å². The summed E-state index contributed by atoms with van der Waals surface area (Å²) in [6.07, 6.45) is 10.7. The number of hydrogen-bond donors (Lipinski definition) is 2. The zero-order valence-corrected chi connectivity index (χ0v) is 24.2. The van der Waals surface area contributed by atoms with Crippen LogP contribution in [0.25, 0.3) is 0 Å². The quantitative estimate of drug-likeness (QED) is 0.190. The van der Waals surface area contributed by atoms with Crippen molar-refractivity contribution in [2.24, 2.45) is 0 Å². The van der Waals surface area contributed by atoms with Gasteiger partial charge in [0.05, 0.1) is 11.9 Å². The molecule has 0 aromatic heterocycles.